The van der Waals surface area contributed by atoms with Gasteiger partial charge in [-0.3, -0.25) is 0 Å². The Balaban J connectivity index is 2.44. The highest BCUT2D eigenvalue weighted by atomic mass is 16.5. The third-order valence-corrected chi connectivity index (χ3v) is 2.64. The van der Waals surface area contributed by atoms with Crippen molar-refractivity contribution in [2.24, 2.45) is 0 Å². The standard InChI is InChI=1S/C13H23NO3/c1-5-16-8-10(2)14-9-13(4,15)12-7-6-11(3)17-12/h6-7,10,14-15H,5,8-9H2,1-4H3. The monoisotopic (exact) mass is 241 g/mol. The Kier molecular flexibility index (Phi) is 5.18. The average molecular weight is 241 g/mol. The molecule has 1 aromatic heterocycles. The van der Waals surface area contributed by atoms with Crippen molar-refractivity contribution in [3.05, 3.63) is 23.7 Å². The van der Waals surface area contributed by atoms with E-state index in [2.05, 4.69) is 5.32 Å². The van der Waals surface area contributed by atoms with Crippen LogP contribution in [-0.4, -0.2) is 30.9 Å². The lowest BCUT2D eigenvalue weighted by Crippen LogP contribution is -2.41. The van der Waals surface area contributed by atoms with Crippen molar-refractivity contribution in [3.63, 3.8) is 0 Å². The molecule has 4 nitrogen and oxygen atoms in total. The maximum absolute atomic E-state index is 10.3. The first-order valence-electron chi connectivity index (χ1n) is 6.06. The molecule has 2 atom stereocenters. The van der Waals surface area contributed by atoms with E-state index in [1.165, 1.54) is 0 Å². The number of furan rings is 1. The van der Waals surface area contributed by atoms with Crippen LogP contribution in [0.4, 0.5) is 0 Å². The minimum Gasteiger partial charge on any atom is -0.463 e. The fourth-order valence-electron chi connectivity index (χ4n) is 1.54. The quantitative estimate of drug-likeness (QED) is 0.764. The molecule has 0 bridgehead atoms. The minimum atomic E-state index is -0.991. The molecule has 1 aromatic rings. The Bertz CT molecular complexity index is 333. The van der Waals surface area contributed by atoms with Gasteiger partial charge in [0, 0.05) is 19.2 Å². The van der Waals surface area contributed by atoms with Crippen molar-refractivity contribution in [2.75, 3.05) is 19.8 Å². The van der Waals surface area contributed by atoms with Gasteiger partial charge in [-0.2, -0.15) is 0 Å². The normalized spacial score (nSPS) is 16.8. The van der Waals surface area contributed by atoms with Gasteiger partial charge in [-0.1, -0.05) is 0 Å². The summed E-state index contributed by atoms with van der Waals surface area (Å²) in [7, 11) is 0. The molecule has 98 valence electrons. The molecule has 0 radical (unpaired) electrons. The molecule has 0 aromatic carbocycles. The Morgan fingerprint density at radius 3 is 2.76 bits per heavy atom. The van der Waals surface area contributed by atoms with Gasteiger partial charge in [-0.25, -0.2) is 0 Å². The zero-order valence-corrected chi connectivity index (χ0v) is 11.1. The summed E-state index contributed by atoms with van der Waals surface area (Å²) in [5.74, 6) is 1.40. The molecule has 4 heteroatoms. The van der Waals surface area contributed by atoms with Crippen LogP contribution in [0.3, 0.4) is 0 Å². The first-order valence-corrected chi connectivity index (χ1v) is 6.06. The van der Waals surface area contributed by atoms with Crippen molar-refractivity contribution in [1.82, 2.24) is 5.32 Å². The van der Waals surface area contributed by atoms with E-state index >= 15 is 0 Å². The Hall–Kier alpha value is -0.840. The molecule has 0 amide bonds. The number of nitrogens with one attached hydrogen (secondary N) is 1. The summed E-state index contributed by atoms with van der Waals surface area (Å²) < 4.78 is 10.7. The van der Waals surface area contributed by atoms with Crippen LogP contribution in [0.5, 0.6) is 0 Å². The number of ether oxygens (including phenoxy) is 1. The second-order valence-corrected chi connectivity index (χ2v) is 4.63. The zero-order valence-electron chi connectivity index (χ0n) is 11.1. The molecular weight excluding hydrogens is 218 g/mol. The van der Waals surface area contributed by atoms with Gasteiger partial charge in [0.15, 0.2) is 0 Å². The van der Waals surface area contributed by atoms with Crippen LogP contribution in [0.1, 0.15) is 32.3 Å². The van der Waals surface area contributed by atoms with Crippen molar-refractivity contribution in [3.8, 4) is 0 Å². The number of aryl methyl sites for hydroxylation is 1. The molecule has 0 spiro atoms. The summed E-state index contributed by atoms with van der Waals surface area (Å²) >= 11 is 0. The number of aliphatic hydroxyl groups is 1. The van der Waals surface area contributed by atoms with Crippen LogP contribution in [0, 0.1) is 6.92 Å². The van der Waals surface area contributed by atoms with E-state index in [1.54, 1.807) is 6.92 Å². The third-order valence-electron chi connectivity index (χ3n) is 2.64. The second-order valence-electron chi connectivity index (χ2n) is 4.63. The Labute approximate surface area is 103 Å². The van der Waals surface area contributed by atoms with Gasteiger partial charge >= 0.3 is 0 Å². The zero-order chi connectivity index (χ0) is 12.9. The molecule has 0 saturated carbocycles. The van der Waals surface area contributed by atoms with Gasteiger partial charge in [0.25, 0.3) is 0 Å². The highest BCUT2D eigenvalue weighted by Crippen LogP contribution is 2.21. The molecule has 0 aliphatic rings. The molecule has 1 rings (SSSR count). The number of hydrogen-bond acceptors (Lipinski definition) is 4. The molecule has 0 fully saturated rings. The van der Waals surface area contributed by atoms with E-state index in [-0.39, 0.29) is 6.04 Å². The second kappa shape index (κ2) is 6.19. The Morgan fingerprint density at radius 2 is 2.24 bits per heavy atom. The van der Waals surface area contributed by atoms with Crippen molar-refractivity contribution in [2.45, 2.75) is 39.3 Å². The van der Waals surface area contributed by atoms with Crippen LogP contribution < -0.4 is 5.32 Å². The molecule has 0 aliphatic carbocycles. The lowest BCUT2D eigenvalue weighted by Gasteiger charge is -2.24. The van der Waals surface area contributed by atoms with E-state index in [9.17, 15) is 5.11 Å². The number of hydrogen-bond donors (Lipinski definition) is 2. The summed E-state index contributed by atoms with van der Waals surface area (Å²) in [6.45, 7) is 9.39. The molecule has 1 heterocycles. The molecular formula is C13H23NO3. The molecule has 17 heavy (non-hydrogen) atoms. The highest BCUT2D eigenvalue weighted by Gasteiger charge is 2.26. The van der Waals surface area contributed by atoms with Gasteiger partial charge in [0.05, 0.1) is 6.61 Å². The van der Waals surface area contributed by atoms with Crippen LogP contribution in [0.25, 0.3) is 0 Å². The van der Waals surface area contributed by atoms with Gasteiger partial charge < -0.3 is 19.6 Å². The lowest BCUT2D eigenvalue weighted by atomic mass is 10.0. The topological polar surface area (TPSA) is 54.6 Å². The maximum Gasteiger partial charge on any atom is 0.136 e. The van der Waals surface area contributed by atoms with E-state index in [1.807, 2.05) is 32.9 Å². The molecule has 0 aliphatic heterocycles. The first kappa shape index (κ1) is 14.2. The van der Waals surface area contributed by atoms with Crippen LogP contribution in [0.15, 0.2) is 16.5 Å². The molecule has 2 unspecified atom stereocenters. The SMILES string of the molecule is CCOCC(C)NCC(C)(O)c1ccc(C)o1. The van der Waals surface area contributed by atoms with Gasteiger partial charge in [0.2, 0.25) is 0 Å². The van der Waals surface area contributed by atoms with E-state index < -0.39 is 5.60 Å². The van der Waals surface area contributed by atoms with Crippen LogP contribution in [-0.2, 0) is 10.3 Å². The van der Waals surface area contributed by atoms with Crippen molar-refractivity contribution >= 4 is 0 Å². The summed E-state index contributed by atoms with van der Waals surface area (Å²) in [5, 5.41) is 13.5. The highest BCUT2D eigenvalue weighted by molar-refractivity contribution is 5.12. The third kappa shape index (κ3) is 4.50. The summed E-state index contributed by atoms with van der Waals surface area (Å²) in [6, 6.07) is 3.87. The summed E-state index contributed by atoms with van der Waals surface area (Å²) in [5.41, 5.74) is -0.991. The average Bonchev–Trinajstić information content (AvgIpc) is 2.71. The fraction of sp³-hybridized carbons (Fsp3) is 0.692. The van der Waals surface area contributed by atoms with E-state index in [4.69, 9.17) is 9.15 Å². The van der Waals surface area contributed by atoms with Gasteiger partial charge in [-0.05, 0) is 39.8 Å². The summed E-state index contributed by atoms with van der Waals surface area (Å²) in [6.07, 6.45) is 0. The van der Waals surface area contributed by atoms with Crippen LogP contribution >= 0.6 is 0 Å². The van der Waals surface area contributed by atoms with Gasteiger partial charge in [0.1, 0.15) is 17.1 Å². The maximum atomic E-state index is 10.3. The van der Waals surface area contributed by atoms with Crippen molar-refractivity contribution < 1.29 is 14.3 Å². The number of rotatable bonds is 7. The lowest BCUT2D eigenvalue weighted by molar-refractivity contribution is 0.0267. The Morgan fingerprint density at radius 1 is 1.53 bits per heavy atom. The first-order chi connectivity index (χ1) is 7.95. The predicted molar refractivity (Wildman–Crippen MR) is 67.0 cm³/mol. The van der Waals surface area contributed by atoms with Crippen LogP contribution in [0.2, 0.25) is 0 Å². The van der Waals surface area contributed by atoms with Crippen molar-refractivity contribution in [1.29, 1.82) is 0 Å². The van der Waals surface area contributed by atoms with E-state index in [0.717, 1.165) is 5.76 Å². The largest absolute Gasteiger partial charge is 0.463 e. The molecule has 2 N–H and O–H groups in total. The fourth-order valence-corrected chi connectivity index (χ4v) is 1.54. The smallest absolute Gasteiger partial charge is 0.136 e. The van der Waals surface area contributed by atoms with E-state index in [0.29, 0.717) is 25.5 Å². The van der Waals surface area contributed by atoms with Gasteiger partial charge in [-0.15, -0.1) is 0 Å². The minimum absolute atomic E-state index is 0.206. The molecule has 0 saturated heterocycles. The summed E-state index contributed by atoms with van der Waals surface area (Å²) in [4.78, 5) is 0. The predicted octanol–water partition coefficient (Wildman–Crippen LogP) is 1.81.